The van der Waals surface area contributed by atoms with Gasteiger partial charge in [-0.05, 0) is 37.1 Å². The van der Waals surface area contributed by atoms with Gasteiger partial charge in [-0.2, -0.15) is 0 Å². The number of ether oxygens (including phenoxy) is 1. The Morgan fingerprint density at radius 1 is 0.720 bits per heavy atom. The number of rotatable bonds is 12. The lowest BCUT2D eigenvalue weighted by atomic mass is 10.0. The Morgan fingerprint density at radius 2 is 1.20 bits per heavy atom. The van der Waals surface area contributed by atoms with Gasteiger partial charge in [-0.25, -0.2) is 0 Å². The molecule has 0 saturated carbocycles. The molecule has 2 nitrogen and oxygen atoms in total. The van der Waals surface area contributed by atoms with Crippen LogP contribution in [-0.2, 0) is 4.74 Å². The third-order valence-corrected chi connectivity index (χ3v) is 4.55. The Labute approximate surface area is 153 Å². The van der Waals surface area contributed by atoms with Crippen molar-refractivity contribution in [1.82, 2.24) is 4.90 Å². The molecule has 0 saturated heterocycles. The van der Waals surface area contributed by atoms with Crippen molar-refractivity contribution in [3.8, 4) is 0 Å². The second-order valence-electron chi connectivity index (χ2n) is 6.62. The maximum atomic E-state index is 6.36. The van der Waals surface area contributed by atoms with E-state index in [2.05, 4.69) is 79.4 Å². The monoisotopic (exact) mass is 339 g/mol. The molecule has 0 atom stereocenters. The Bertz CT molecular complexity index is 507. The third-order valence-electron chi connectivity index (χ3n) is 4.55. The zero-order valence-electron chi connectivity index (χ0n) is 15.9. The van der Waals surface area contributed by atoms with Crippen molar-refractivity contribution in [2.45, 2.75) is 45.6 Å². The fourth-order valence-corrected chi connectivity index (χ4v) is 3.04. The van der Waals surface area contributed by atoms with E-state index in [0.29, 0.717) is 0 Å². The van der Waals surface area contributed by atoms with Crippen LogP contribution in [0.25, 0.3) is 0 Å². The lowest BCUT2D eigenvalue weighted by Gasteiger charge is -2.24. The number of unbranched alkanes of at least 4 members (excludes halogenated alkanes) is 2. The molecule has 0 aromatic heterocycles. The Balaban J connectivity index is 1.97. The van der Waals surface area contributed by atoms with E-state index in [1.807, 2.05) is 0 Å². The zero-order chi connectivity index (χ0) is 17.7. The summed E-state index contributed by atoms with van der Waals surface area (Å²) in [4.78, 5) is 2.56. The summed E-state index contributed by atoms with van der Waals surface area (Å²) in [6, 6.07) is 21.1. The second-order valence-corrected chi connectivity index (χ2v) is 6.62. The number of nitrogens with zero attached hydrogens (tertiary/aromatic N) is 1. The van der Waals surface area contributed by atoms with Crippen molar-refractivity contribution in [3.05, 3.63) is 71.8 Å². The Hall–Kier alpha value is -1.64. The van der Waals surface area contributed by atoms with E-state index < -0.39 is 0 Å². The van der Waals surface area contributed by atoms with Gasteiger partial charge in [-0.3, -0.25) is 0 Å². The van der Waals surface area contributed by atoms with E-state index in [1.54, 1.807) is 0 Å². The molecule has 25 heavy (non-hydrogen) atoms. The molecule has 2 rings (SSSR count). The van der Waals surface area contributed by atoms with Gasteiger partial charge in [-0.1, -0.05) is 87.4 Å². The standard InChI is InChI=1S/C23H33NO/c1-3-5-17-24(18-6-4-2)19-20-25-23(21-13-9-7-10-14-21)22-15-11-8-12-16-22/h7-16,23H,3-6,17-20H2,1-2H3. The minimum Gasteiger partial charge on any atom is -0.367 e. The summed E-state index contributed by atoms with van der Waals surface area (Å²) in [6.45, 7) is 8.66. The molecule has 2 aromatic rings. The SMILES string of the molecule is CCCCN(CCCC)CCOC(c1ccccc1)c1ccccc1. The molecule has 0 fully saturated rings. The maximum absolute atomic E-state index is 6.36. The average molecular weight is 340 g/mol. The van der Waals surface area contributed by atoms with E-state index >= 15 is 0 Å². The van der Waals surface area contributed by atoms with Gasteiger partial charge in [0.1, 0.15) is 6.10 Å². The van der Waals surface area contributed by atoms with Crippen molar-refractivity contribution < 1.29 is 4.74 Å². The van der Waals surface area contributed by atoms with Gasteiger partial charge in [0.05, 0.1) is 6.61 Å². The first-order valence-electron chi connectivity index (χ1n) is 9.79. The van der Waals surface area contributed by atoms with Crippen LogP contribution in [0.15, 0.2) is 60.7 Å². The van der Waals surface area contributed by atoms with Crippen LogP contribution in [0.3, 0.4) is 0 Å². The van der Waals surface area contributed by atoms with E-state index in [9.17, 15) is 0 Å². The normalized spacial score (nSPS) is 11.4. The second kappa shape index (κ2) is 11.8. The molecular formula is C23H33NO. The van der Waals surface area contributed by atoms with Crippen LogP contribution >= 0.6 is 0 Å². The van der Waals surface area contributed by atoms with Gasteiger partial charge in [0, 0.05) is 6.54 Å². The quantitative estimate of drug-likeness (QED) is 0.492. The molecule has 0 aliphatic heterocycles. The summed E-state index contributed by atoms with van der Waals surface area (Å²) in [6.07, 6.45) is 5.05. The van der Waals surface area contributed by atoms with Gasteiger partial charge in [0.2, 0.25) is 0 Å². The van der Waals surface area contributed by atoms with E-state index in [1.165, 1.54) is 49.9 Å². The van der Waals surface area contributed by atoms with Crippen LogP contribution < -0.4 is 0 Å². The first-order valence-corrected chi connectivity index (χ1v) is 9.79. The van der Waals surface area contributed by atoms with Crippen molar-refractivity contribution in [3.63, 3.8) is 0 Å². The van der Waals surface area contributed by atoms with Crippen molar-refractivity contribution in [1.29, 1.82) is 0 Å². The highest BCUT2D eigenvalue weighted by atomic mass is 16.5. The van der Waals surface area contributed by atoms with Gasteiger partial charge in [0.25, 0.3) is 0 Å². The van der Waals surface area contributed by atoms with Crippen LogP contribution in [0.2, 0.25) is 0 Å². The molecule has 2 aromatic carbocycles. The predicted octanol–water partition coefficient (Wildman–Crippen LogP) is 5.69. The first-order chi connectivity index (χ1) is 12.3. The molecule has 2 heteroatoms. The number of hydrogen-bond donors (Lipinski definition) is 0. The summed E-state index contributed by atoms with van der Waals surface area (Å²) in [5, 5.41) is 0. The molecule has 136 valence electrons. The molecule has 0 aliphatic carbocycles. The molecule has 0 aliphatic rings. The predicted molar refractivity (Wildman–Crippen MR) is 107 cm³/mol. The van der Waals surface area contributed by atoms with E-state index in [0.717, 1.165) is 13.2 Å². The average Bonchev–Trinajstić information content (AvgIpc) is 2.68. The topological polar surface area (TPSA) is 12.5 Å². The van der Waals surface area contributed by atoms with Crippen molar-refractivity contribution in [2.75, 3.05) is 26.2 Å². The molecule has 0 unspecified atom stereocenters. The third kappa shape index (κ3) is 7.01. The van der Waals surface area contributed by atoms with Gasteiger partial charge < -0.3 is 9.64 Å². The Kier molecular flexibility index (Phi) is 9.32. The van der Waals surface area contributed by atoms with Crippen LogP contribution in [0.5, 0.6) is 0 Å². The minimum atomic E-state index is 0.0154. The largest absolute Gasteiger partial charge is 0.367 e. The lowest BCUT2D eigenvalue weighted by Crippen LogP contribution is -2.30. The Morgan fingerprint density at radius 3 is 1.64 bits per heavy atom. The number of benzene rings is 2. The van der Waals surface area contributed by atoms with Crippen molar-refractivity contribution in [2.24, 2.45) is 0 Å². The minimum absolute atomic E-state index is 0.0154. The van der Waals surface area contributed by atoms with E-state index in [-0.39, 0.29) is 6.10 Å². The summed E-state index contributed by atoms with van der Waals surface area (Å²) in [5.74, 6) is 0. The summed E-state index contributed by atoms with van der Waals surface area (Å²) in [7, 11) is 0. The zero-order valence-corrected chi connectivity index (χ0v) is 15.9. The molecule has 0 N–H and O–H groups in total. The fourth-order valence-electron chi connectivity index (χ4n) is 3.04. The lowest BCUT2D eigenvalue weighted by molar-refractivity contribution is 0.0591. The van der Waals surface area contributed by atoms with Gasteiger partial charge >= 0.3 is 0 Å². The fraction of sp³-hybridized carbons (Fsp3) is 0.478. The molecule has 0 bridgehead atoms. The maximum Gasteiger partial charge on any atom is 0.108 e. The molecule has 0 spiro atoms. The van der Waals surface area contributed by atoms with Crippen LogP contribution in [-0.4, -0.2) is 31.1 Å². The van der Waals surface area contributed by atoms with Crippen molar-refractivity contribution >= 4 is 0 Å². The van der Waals surface area contributed by atoms with Crippen LogP contribution in [0, 0.1) is 0 Å². The highest BCUT2D eigenvalue weighted by molar-refractivity contribution is 5.29. The summed E-state index contributed by atoms with van der Waals surface area (Å²) >= 11 is 0. The highest BCUT2D eigenvalue weighted by Crippen LogP contribution is 2.25. The molecule has 0 heterocycles. The number of hydrogen-bond acceptors (Lipinski definition) is 2. The molecular weight excluding hydrogens is 306 g/mol. The van der Waals surface area contributed by atoms with E-state index in [4.69, 9.17) is 4.74 Å². The summed E-state index contributed by atoms with van der Waals surface area (Å²) < 4.78 is 6.36. The smallest absolute Gasteiger partial charge is 0.108 e. The van der Waals surface area contributed by atoms with Gasteiger partial charge in [-0.15, -0.1) is 0 Å². The van der Waals surface area contributed by atoms with Gasteiger partial charge in [0.15, 0.2) is 0 Å². The molecule has 0 radical (unpaired) electrons. The van der Waals surface area contributed by atoms with Crippen LogP contribution in [0.4, 0.5) is 0 Å². The summed E-state index contributed by atoms with van der Waals surface area (Å²) in [5.41, 5.74) is 2.45. The first kappa shape index (κ1) is 19.7. The molecule has 0 amide bonds. The van der Waals surface area contributed by atoms with Crippen LogP contribution in [0.1, 0.15) is 56.8 Å². The highest BCUT2D eigenvalue weighted by Gasteiger charge is 2.15.